The molecule has 0 radical (unpaired) electrons. The summed E-state index contributed by atoms with van der Waals surface area (Å²) in [4.78, 5) is 73.6. The quantitative estimate of drug-likeness (QED) is 0.0547. The molecule has 0 bridgehead atoms. The van der Waals surface area contributed by atoms with E-state index in [9.17, 15) is 34.2 Å². The van der Waals surface area contributed by atoms with Crippen molar-refractivity contribution in [1.82, 2.24) is 9.97 Å². The van der Waals surface area contributed by atoms with Crippen LogP contribution < -0.4 is 16.1 Å². The lowest BCUT2D eigenvalue weighted by atomic mass is 9.87. The third-order valence-electron chi connectivity index (χ3n) is 10.3. The Morgan fingerprint density at radius 3 is 1.84 bits per heavy atom. The molecular formula is C46H33ClN4O11. The minimum atomic E-state index is -1.32. The SMILES string of the molecule is COC(=O)c1ccc(C(=O)O)c(-c2c3cc(Cl)c(=O)c(CNc4cccc5ccc(C(=O)OC)nc45)c-3oc3c(CNc4cccc5ccc(C(=O)OC)nc45)c(O)ccc23)c1. The molecule has 4 aromatic carbocycles. The molecular weight excluding hydrogens is 820 g/mol. The van der Waals surface area contributed by atoms with Gasteiger partial charge in [0.15, 0.2) is 0 Å². The molecule has 15 nitrogen and oxygen atoms in total. The topological polar surface area (TPSA) is 216 Å². The van der Waals surface area contributed by atoms with Crippen LogP contribution in [0.4, 0.5) is 11.4 Å². The first-order valence-electron chi connectivity index (χ1n) is 18.7. The van der Waals surface area contributed by atoms with E-state index in [2.05, 4.69) is 20.6 Å². The number of benzene rings is 5. The molecule has 8 rings (SSSR count). The number of carbonyl (C=O) groups excluding carboxylic acids is 3. The molecule has 1 aliphatic carbocycles. The number of rotatable bonds is 11. The normalized spacial score (nSPS) is 11.2. The molecule has 6 aromatic rings. The van der Waals surface area contributed by atoms with Gasteiger partial charge >= 0.3 is 23.9 Å². The number of fused-ring (bicyclic) bond motifs is 4. The Labute approximate surface area is 355 Å². The Morgan fingerprint density at radius 2 is 1.27 bits per heavy atom. The van der Waals surface area contributed by atoms with Crippen LogP contribution in [-0.2, 0) is 27.3 Å². The zero-order chi connectivity index (χ0) is 43.8. The highest BCUT2D eigenvalue weighted by Gasteiger charge is 2.29. The Balaban J connectivity index is 1.36. The highest BCUT2D eigenvalue weighted by Crippen LogP contribution is 2.46. The van der Waals surface area contributed by atoms with Crippen molar-refractivity contribution in [2.24, 2.45) is 0 Å². The maximum Gasteiger partial charge on any atom is 0.356 e. The average molecular weight is 853 g/mol. The number of ether oxygens (including phenoxy) is 3. The molecule has 0 unspecified atom stereocenters. The van der Waals surface area contributed by atoms with E-state index in [1.807, 2.05) is 6.07 Å². The van der Waals surface area contributed by atoms with E-state index in [-0.39, 0.29) is 85.5 Å². The lowest BCUT2D eigenvalue weighted by Crippen LogP contribution is -2.17. The number of hydrogen-bond acceptors (Lipinski definition) is 14. The Kier molecular flexibility index (Phi) is 10.9. The maximum atomic E-state index is 14.1. The van der Waals surface area contributed by atoms with Gasteiger partial charge in [-0.3, -0.25) is 4.79 Å². The van der Waals surface area contributed by atoms with Crippen molar-refractivity contribution in [1.29, 1.82) is 0 Å². The number of carboxylic acids is 1. The highest BCUT2D eigenvalue weighted by atomic mass is 35.5. The summed E-state index contributed by atoms with van der Waals surface area (Å²) >= 11 is 6.70. The van der Waals surface area contributed by atoms with Crippen molar-refractivity contribution < 1.29 is 48.0 Å². The number of methoxy groups -OCH3 is 3. The number of hydrogen-bond donors (Lipinski definition) is 4. The molecule has 2 aromatic heterocycles. The van der Waals surface area contributed by atoms with Crippen LogP contribution in [-0.4, -0.2) is 65.4 Å². The van der Waals surface area contributed by atoms with Crippen LogP contribution in [0.1, 0.15) is 52.8 Å². The lowest BCUT2D eigenvalue weighted by Gasteiger charge is -2.22. The number of phenolic OH excluding ortho intramolecular Hbond substituents is 1. The summed E-state index contributed by atoms with van der Waals surface area (Å²) in [6.45, 7) is -0.317. The number of nitrogens with one attached hydrogen (secondary N) is 2. The maximum absolute atomic E-state index is 14.1. The lowest BCUT2D eigenvalue weighted by molar-refractivity contribution is 0.0586. The number of nitrogens with zero attached hydrogens (tertiary/aromatic N) is 2. The number of halogens is 1. The molecule has 0 spiro atoms. The largest absolute Gasteiger partial charge is 0.507 e. The van der Waals surface area contributed by atoms with E-state index in [0.29, 0.717) is 38.6 Å². The van der Waals surface area contributed by atoms with Crippen LogP contribution in [0.15, 0.2) is 106 Å². The molecule has 0 saturated heterocycles. The average Bonchev–Trinajstić information content (AvgIpc) is 3.29. The van der Waals surface area contributed by atoms with Crippen LogP contribution in [0, 0.1) is 0 Å². The summed E-state index contributed by atoms with van der Waals surface area (Å²) in [5, 5.41) is 30.0. The smallest absolute Gasteiger partial charge is 0.356 e. The van der Waals surface area contributed by atoms with Crippen LogP contribution in [0.5, 0.6) is 5.75 Å². The van der Waals surface area contributed by atoms with Crippen molar-refractivity contribution >= 4 is 79.6 Å². The number of para-hydroxylation sites is 2. The van der Waals surface area contributed by atoms with Gasteiger partial charge in [0.1, 0.15) is 28.5 Å². The fourth-order valence-electron chi connectivity index (χ4n) is 7.34. The first kappa shape index (κ1) is 40.7. The number of anilines is 2. The van der Waals surface area contributed by atoms with Crippen molar-refractivity contribution in [2.75, 3.05) is 32.0 Å². The number of esters is 3. The van der Waals surface area contributed by atoms with Gasteiger partial charge in [-0.2, -0.15) is 0 Å². The van der Waals surface area contributed by atoms with Gasteiger partial charge in [0.05, 0.1) is 71.0 Å². The first-order valence-corrected chi connectivity index (χ1v) is 19.1. The van der Waals surface area contributed by atoms with E-state index in [0.717, 1.165) is 0 Å². The van der Waals surface area contributed by atoms with Crippen molar-refractivity contribution in [2.45, 2.75) is 13.1 Å². The first-order chi connectivity index (χ1) is 29.9. The standard InChI is InChI=1S/C46H33ClN4O11/c1-59-44(56)24-10-13-25(43(54)55)27(18-24)37-26-14-17-36(52)29(20-48-32-8-4-6-22-11-15-34(45(57)60-2)50-38(22)32)41(26)62-42-28(37)19-31(47)40(53)30(42)21-49-33-9-5-7-23-12-16-35(46(58)61-3)51-39(23)33/h4-19,48-49,52H,20-21H2,1-3H3,(H,54,55). The van der Waals surface area contributed by atoms with E-state index >= 15 is 0 Å². The van der Waals surface area contributed by atoms with E-state index in [4.69, 9.17) is 30.2 Å². The van der Waals surface area contributed by atoms with Crippen LogP contribution in [0.25, 0.3) is 55.2 Å². The van der Waals surface area contributed by atoms with Crippen molar-refractivity contribution in [3.05, 3.63) is 146 Å². The molecule has 16 heteroatoms. The number of aromatic nitrogens is 2. The summed E-state index contributed by atoms with van der Waals surface area (Å²) in [5.41, 5.74) is 1.90. The van der Waals surface area contributed by atoms with Crippen LogP contribution in [0.3, 0.4) is 0 Å². The Hall–Kier alpha value is -8.04. The Bertz CT molecular complexity index is 3200. The molecule has 0 fully saturated rings. The van der Waals surface area contributed by atoms with Gasteiger partial charge in [0.2, 0.25) is 5.43 Å². The van der Waals surface area contributed by atoms with Gasteiger partial charge in [-0.25, -0.2) is 29.1 Å². The molecule has 0 saturated carbocycles. The molecule has 0 amide bonds. The number of aromatic hydroxyl groups is 1. The third kappa shape index (κ3) is 7.30. The van der Waals surface area contributed by atoms with Crippen LogP contribution >= 0.6 is 11.6 Å². The van der Waals surface area contributed by atoms with Crippen molar-refractivity contribution in [3.8, 4) is 28.2 Å². The summed E-state index contributed by atoms with van der Waals surface area (Å²) in [6, 6.07) is 25.4. The fourth-order valence-corrected chi connectivity index (χ4v) is 7.56. The monoisotopic (exact) mass is 852 g/mol. The van der Waals surface area contributed by atoms with Gasteiger partial charge in [0, 0.05) is 40.4 Å². The molecule has 4 N–H and O–H groups in total. The fraction of sp³-hybridized carbons (Fsp3) is 0.109. The summed E-state index contributed by atoms with van der Waals surface area (Å²) < 4.78 is 21.4. The van der Waals surface area contributed by atoms with Gasteiger partial charge < -0.3 is 39.5 Å². The molecule has 2 aliphatic rings. The van der Waals surface area contributed by atoms with E-state index < -0.39 is 29.3 Å². The minimum absolute atomic E-state index is 0.0148. The third-order valence-corrected chi connectivity index (χ3v) is 10.6. The van der Waals surface area contributed by atoms with E-state index in [1.54, 1.807) is 48.5 Å². The number of phenols is 1. The summed E-state index contributed by atoms with van der Waals surface area (Å²) in [6.07, 6.45) is 0. The summed E-state index contributed by atoms with van der Waals surface area (Å²) in [5.74, 6) is -3.56. The predicted octanol–water partition coefficient (Wildman–Crippen LogP) is 8.30. The highest BCUT2D eigenvalue weighted by molar-refractivity contribution is 6.31. The second kappa shape index (κ2) is 16.5. The molecule has 0 atom stereocenters. The molecule has 62 heavy (non-hydrogen) atoms. The molecule has 3 heterocycles. The second-order valence-corrected chi connectivity index (χ2v) is 14.3. The minimum Gasteiger partial charge on any atom is -0.507 e. The molecule has 310 valence electrons. The second-order valence-electron chi connectivity index (χ2n) is 13.9. The van der Waals surface area contributed by atoms with E-state index in [1.165, 1.54) is 63.8 Å². The summed E-state index contributed by atoms with van der Waals surface area (Å²) in [7, 11) is 3.69. The van der Waals surface area contributed by atoms with Crippen molar-refractivity contribution in [3.63, 3.8) is 0 Å². The predicted molar refractivity (Wildman–Crippen MR) is 230 cm³/mol. The number of aromatic carboxylic acids is 1. The Morgan fingerprint density at radius 1 is 0.694 bits per heavy atom. The number of carbonyl (C=O) groups is 4. The number of pyridine rings is 2. The van der Waals surface area contributed by atoms with Gasteiger partial charge in [-0.15, -0.1) is 0 Å². The zero-order valence-electron chi connectivity index (χ0n) is 33.0. The van der Waals surface area contributed by atoms with Crippen LogP contribution in [0.2, 0.25) is 5.02 Å². The zero-order valence-corrected chi connectivity index (χ0v) is 33.7. The number of carboxylic acid groups (broad SMARTS) is 1. The van der Waals surface area contributed by atoms with Gasteiger partial charge in [0.25, 0.3) is 0 Å². The van der Waals surface area contributed by atoms with Gasteiger partial charge in [-0.1, -0.05) is 48.0 Å². The van der Waals surface area contributed by atoms with Gasteiger partial charge in [-0.05, 0) is 66.2 Å². The molecule has 1 aliphatic heterocycles.